The van der Waals surface area contributed by atoms with Crippen LogP contribution in [0.2, 0.25) is 5.02 Å². The Kier molecular flexibility index (Phi) is 3.43. The summed E-state index contributed by atoms with van der Waals surface area (Å²) in [7, 11) is 0. The molecule has 2 aliphatic carbocycles. The predicted octanol–water partition coefficient (Wildman–Crippen LogP) is 2.86. The highest BCUT2D eigenvalue weighted by Crippen LogP contribution is 2.58. The van der Waals surface area contributed by atoms with Crippen molar-refractivity contribution < 1.29 is 4.79 Å². The van der Waals surface area contributed by atoms with Crippen molar-refractivity contribution in [3.63, 3.8) is 0 Å². The minimum atomic E-state index is 0.0845. The second-order valence-electron chi connectivity index (χ2n) is 6.56. The van der Waals surface area contributed by atoms with Crippen molar-refractivity contribution in [1.29, 1.82) is 0 Å². The van der Waals surface area contributed by atoms with Crippen LogP contribution in [0.3, 0.4) is 0 Å². The Bertz CT molecular complexity index is 551. The highest BCUT2D eigenvalue weighted by atomic mass is 35.5. The number of benzene rings is 1. The van der Waals surface area contributed by atoms with Crippen molar-refractivity contribution in [3.05, 3.63) is 34.9 Å². The lowest BCUT2D eigenvalue weighted by Crippen LogP contribution is -2.49. The number of carbonyl (C=O) groups excluding carboxylic acids is 1. The summed E-state index contributed by atoms with van der Waals surface area (Å²) in [5, 5.41) is 4.17. The van der Waals surface area contributed by atoms with Crippen LogP contribution in [-0.2, 0) is 4.79 Å². The Morgan fingerprint density at radius 3 is 2.76 bits per heavy atom. The van der Waals surface area contributed by atoms with Gasteiger partial charge in [0, 0.05) is 30.6 Å². The molecule has 1 saturated heterocycles. The Hall–Kier alpha value is -1.06. The zero-order valence-electron chi connectivity index (χ0n) is 12.1. The molecule has 1 N–H and O–H groups in total. The number of amides is 1. The number of nitrogens with one attached hydrogen (secondary N) is 1. The van der Waals surface area contributed by atoms with Gasteiger partial charge in [0.15, 0.2) is 0 Å². The monoisotopic (exact) mass is 304 g/mol. The summed E-state index contributed by atoms with van der Waals surface area (Å²) < 4.78 is 0. The molecule has 3 aliphatic rings. The summed E-state index contributed by atoms with van der Waals surface area (Å²) in [4.78, 5) is 15.0. The quantitative estimate of drug-likeness (QED) is 0.911. The van der Waals surface area contributed by atoms with E-state index in [-0.39, 0.29) is 6.04 Å². The fourth-order valence-electron chi connectivity index (χ4n) is 4.37. The molecule has 4 heteroatoms. The largest absolute Gasteiger partial charge is 0.333 e. The molecule has 1 heterocycles. The molecule has 0 bridgehead atoms. The average Bonchev–Trinajstić information content (AvgIpc) is 2.99. The second-order valence-corrected chi connectivity index (χ2v) is 6.96. The molecule has 1 amide bonds. The number of halogens is 1. The van der Waals surface area contributed by atoms with Crippen LogP contribution in [-0.4, -0.2) is 30.4 Å². The maximum atomic E-state index is 12.9. The highest BCUT2D eigenvalue weighted by molar-refractivity contribution is 6.31. The third kappa shape index (κ3) is 2.27. The maximum absolute atomic E-state index is 12.9. The van der Waals surface area contributed by atoms with Gasteiger partial charge in [-0.25, -0.2) is 0 Å². The van der Waals surface area contributed by atoms with Crippen molar-refractivity contribution in [2.45, 2.75) is 25.3 Å². The van der Waals surface area contributed by atoms with E-state index in [1.54, 1.807) is 0 Å². The minimum absolute atomic E-state index is 0.0845. The minimum Gasteiger partial charge on any atom is -0.333 e. The van der Waals surface area contributed by atoms with Crippen LogP contribution < -0.4 is 5.32 Å². The smallest absolute Gasteiger partial charge is 0.226 e. The first kappa shape index (κ1) is 13.6. The Morgan fingerprint density at radius 1 is 1.24 bits per heavy atom. The fraction of sp³-hybridized carbons (Fsp3) is 0.588. The molecule has 4 rings (SSSR count). The molecule has 1 aromatic rings. The molecular weight excluding hydrogens is 284 g/mol. The summed E-state index contributed by atoms with van der Waals surface area (Å²) in [6.07, 6.45) is 3.82. The Morgan fingerprint density at radius 2 is 2.00 bits per heavy atom. The molecule has 112 valence electrons. The molecule has 1 aliphatic heterocycles. The standard InChI is InChI=1S/C17H21ClN2O/c18-14-7-2-1-4-13(14)15-10-19-8-9-20(15)17(21)16-11-5-3-6-12(11)16/h1-2,4,7,11-12,15-16,19H,3,5-6,8-10H2. The third-order valence-corrected chi connectivity index (χ3v) is 5.83. The zero-order chi connectivity index (χ0) is 14.4. The van der Waals surface area contributed by atoms with Gasteiger partial charge in [0.05, 0.1) is 6.04 Å². The van der Waals surface area contributed by atoms with Gasteiger partial charge in [-0.1, -0.05) is 36.2 Å². The molecule has 2 saturated carbocycles. The molecule has 21 heavy (non-hydrogen) atoms. The lowest BCUT2D eigenvalue weighted by Gasteiger charge is -2.37. The molecule has 3 nitrogen and oxygen atoms in total. The number of carbonyl (C=O) groups is 1. The van der Waals surface area contributed by atoms with Crippen LogP contribution in [0.5, 0.6) is 0 Å². The van der Waals surface area contributed by atoms with Gasteiger partial charge in [-0.3, -0.25) is 4.79 Å². The molecule has 3 atom stereocenters. The summed E-state index contributed by atoms with van der Waals surface area (Å²) in [6.45, 7) is 2.48. The zero-order valence-corrected chi connectivity index (χ0v) is 12.9. The lowest BCUT2D eigenvalue weighted by molar-refractivity contribution is -0.136. The van der Waals surface area contributed by atoms with Crippen molar-refractivity contribution in [1.82, 2.24) is 10.2 Å². The molecule has 0 radical (unpaired) electrons. The van der Waals surface area contributed by atoms with E-state index in [2.05, 4.69) is 10.2 Å². The van der Waals surface area contributed by atoms with E-state index < -0.39 is 0 Å². The summed E-state index contributed by atoms with van der Waals surface area (Å²) >= 11 is 6.35. The molecule has 3 unspecified atom stereocenters. The molecule has 0 aromatic heterocycles. The second kappa shape index (κ2) is 5.29. The maximum Gasteiger partial charge on any atom is 0.226 e. The summed E-state index contributed by atoms with van der Waals surface area (Å²) in [6, 6.07) is 8.00. The SMILES string of the molecule is O=C(C1C2CCCC21)N1CCNCC1c1ccccc1Cl. The topological polar surface area (TPSA) is 32.3 Å². The van der Waals surface area contributed by atoms with Gasteiger partial charge in [0.2, 0.25) is 5.91 Å². The van der Waals surface area contributed by atoms with Crippen molar-refractivity contribution in [2.24, 2.45) is 17.8 Å². The first-order valence-electron chi connectivity index (χ1n) is 8.03. The number of hydrogen-bond acceptors (Lipinski definition) is 2. The predicted molar refractivity (Wildman–Crippen MR) is 83.1 cm³/mol. The number of piperazine rings is 1. The van der Waals surface area contributed by atoms with Gasteiger partial charge in [-0.15, -0.1) is 0 Å². The van der Waals surface area contributed by atoms with Crippen LogP contribution in [0.1, 0.15) is 30.9 Å². The van der Waals surface area contributed by atoms with Gasteiger partial charge >= 0.3 is 0 Å². The normalized spacial score (nSPS) is 34.6. The number of rotatable bonds is 2. The van der Waals surface area contributed by atoms with E-state index >= 15 is 0 Å². The van der Waals surface area contributed by atoms with Gasteiger partial charge in [0.1, 0.15) is 0 Å². The van der Waals surface area contributed by atoms with E-state index in [1.165, 1.54) is 19.3 Å². The van der Waals surface area contributed by atoms with Crippen molar-refractivity contribution in [2.75, 3.05) is 19.6 Å². The summed E-state index contributed by atoms with van der Waals surface area (Å²) in [5.74, 6) is 2.04. The number of hydrogen-bond donors (Lipinski definition) is 1. The molecular formula is C17H21ClN2O. The lowest BCUT2D eigenvalue weighted by atomic mass is 10.0. The van der Waals surface area contributed by atoms with Crippen LogP contribution in [0.15, 0.2) is 24.3 Å². The van der Waals surface area contributed by atoms with Gasteiger partial charge < -0.3 is 10.2 Å². The van der Waals surface area contributed by atoms with Gasteiger partial charge in [-0.2, -0.15) is 0 Å². The van der Waals surface area contributed by atoms with E-state index in [4.69, 9.17) is 11.6 Å². The molecule has 3 fully saturated rings. The van der Waals surface area contributed by atoms with Crippen molar-refractivity contribution >= 4 is 17.5 Å². The molecule has 0 spiro atoms. The number of fused-ring (bicyclic) bond motifs is 1. The van der Waals surface area contributed by atoms with E-state index in [0.29, 0.717) is 23.7 Å². The fourth-order valence-corrected chi connectivity index (χ4v) is 4.63. The van der Waals surface area contributed by atoms with Crippen LogP contribution in [0.25, 0.3) is 0 Å². The van der Waals surface area contributed by atoms with Gasteiger partial charge in [-0.05, 0) is 36.3 Å². The van der Waals surface area contributed by atoms with E-state index in [1.807, 2.05) is 24.3 Å². The third-order valence-electron chi connectivity index (χ3n) is 5.48. The first-order valence-corrected chi connectivity index (χ1v) is 8.41. The van der Waals surface area contributed by atoms with E-state index in [9.17, 15) is 4.79 Å². The molecule has 1 aromatic carbocycles. The van der Waals surface area contributed by atoms with Crippen LogP contribution in [0.4, 0.5) is 0 Å². The van der Waals surface area contributed by atoms with Gasteiger partial charge in [0.25, 0.3) is 0 Å². The average molecular weight is 305 g/mol. The Balaban J connectivity index is 1.57. The van der Waals surface area contributed by atoms with Crippen LogP contribution in [0, 0.1) is 17.8 Å². The van der Waals surface area contributed by atoms with Crippen LogP contribution >= 0.6 is 11.6 Å². The summed E-state index contributed by atoms with van der Waals surface area (Å²) in [5.41, 5.74) is 1.07. The van der Waals surface area contributed by atoms with Crippen molar-refractivity contribution in [3.8, 4) is 0 Å². The highest BCUT2D eigenvalue weighted by Gasteiger charge is 2.58. The van der Waals surface area contributed by atoms with E-state index in [0.717, 1.165) is 30.2 Å². The Labute approximate surface area is 130 Å². The number of nitrogens with zero attached hydrogens (tertiary/aromatic N) is 1. The first-order chi connectivity index (χ1) is 10.3.